The maximum atomic E-state index is 5.97. The van der Waals surface area contributed by atoms with E-state index in [0.29, 0.717) is 22.5 Å². The molecule has 0 atom stereocenters. The standard InChI is InChI=1S/C11H9Cl3N2/c12-4-6-16-11(3-5-15-16)8-1-2-9(13)10(14)7-8/h1-3,5,7H,4,6H2. The van der Waals surface area contributed by atoms with Crippen LogP contribution >= 0.6 is 34.8 Å². The van der Waals surface area contributed by atoms with E-state index in [4.69, 9.17) is 34.8 Å². The highest BCUT2D eigenvalue weighted by atomic mass is 35.5. The Morgan fingerprint density at radius 1 is 1.12 bits per heavy atom. The second kappa shape index (κ2) is 5.09. The van der Waals surface area contributed by atoms with E-state index < -0.39 is 0 Å². The number of benzene rings is 1. The van der Waals surface area contributed by atoms with Crippen molar-refractivity contribution in [2.75, 3.05) is 5.88 Å². The van der Waals surface area contributed by atoms with Gasteiger partial charge in [0.15, 0.2) is 0 Å². The van der Waals surface area contributed by atoms with Gasteiger partial charge in [-0.1, -0.05) is 29.3 Å². The van der Waals surface area contributed by atoms with Gasteiger partial charge in [-0.3, -0.25) is 4.68 Å². The Morgan fingerprint density at radius 2 is 1.94 bits per heavy atom. The van der Waals surface area contributed by atoms with Crippen LogP contribution in [0, 0.1) is 0 Å². The summed E-state index contributed by atoms with van der Waals surface area (Å²) >= 11 is 17.5. The van der Waals surface area contributed by atoms with Crippen LogP contribution in [-0.2, 0) is 6.54 Å². The molecule has 2 nitrogen and oxygen atoms in total. The fourth-order valence-corrected chi connectivity index (χ4v) is 1.95. The fourth-order valence-electron chi connectivity index (χ4n) is 1.49. The van der Waals surface area contributed by atoms with Crippen LogP contribution in [0.5, 0.6) is 0 Å². The summed E-state index contributed by atoms with van der Waals surface area (Å²) in [4.78, 5) is 0. The molecule has 0 aliphatic heterocycles. The molecular formula is C11H9Cl3N2. The van der Waals surface area contributed by atoms with Crippen molar-refractivity contribution in [3.63, 3.8) is 0 Å². The molecule has 16 heavy (non-hydrogen) atoms. The van der Waals surface area contributed by atoms with Gasteiger partial charge >= 0.3 is 0 Å². The van der Waals surface area contributed by atoms with Crippen molar-refractivity contribution >= 4 is 34.8 Å². The van der Waals surface area contributed by atoms with E-state index in [0.717, 1.165) is 11.3 Å². The van der Waals surface area contributed by atoms with Gasteiger partial charge in [-0.15, -0.1) is 11.6 Å². The third kappa shape index (κ3) is 2.34. The Labute approximate surface area is 109 Å². The minimum absolute atomic E-state index is 0.524. The smallest absolute Gasteiger partial charge is 0.0683 e. The van der Waals surface area contributed by atoms with Crippen LogP contribution in [0.3, 0.4) is 0 Å². The lowest BCUT2D eigenvalue weighted by molar-refractivity contribution is 0.671. The van der Waals surface area contributed by atoms with Crippen molar-refractivity contribution in [2.24, 2.45) is 0 Å². The Kier molecular flexibility index (Phi) is 3.74. The summed E-state index contributed by atoms with van der Waals surface area (Å²) in [6.45, 7) is 0.671. The number of hydrogen-bond acceptors (Lipinski definition) is 1. The Balaban J connectivity index is 2.42. The van der Waals surface area contributed by atoms with Crippen LogP contribution in [0.15, 0.2) is 30.5 Å². The van der Waals surface area contributed by atoms with E-state index in [1.165, 1.54) is 0 Å². The van der Waals surface area contributed by atoms with Crippen molar-refractivity contribution in [3.05, 3.63) is 40.5 Å². The number of hydrogen-bond donors (Lipinski definition) is 0. The third-order valence-electron chi connectivity index (χ3n) is 2.23. The number of halogens is 3. The Bertz CT molecular complexity index is 494. The third-order valence-corrected chi connectivity index (χ3v) is 3.14. The second-order valence-electron chi connectivity index (χ2n) is 3.26. The van der Waals surface area contributed by atoms with E-state index in [1.54, 1.807) is 12.3 Å². The highest BCUT2D eigenvalue weighted by Gasteiger charge is 2.06. The minimum Gasteiger partial charge on any atom is -0.264 e. The SMILES string of the molecule is ClCCn1nccc1-c1ccc(Cl)c(Cl)c1. The van der Waals surface area contributed by atoms with Gasteiger partial charge in [-0.2, -0.15) is 5.10 Å². The number of aromatic nitrogens is 2. The predicted octanol–water partition coefficient (Wildman–Crippen LogP) is 4.10. The molecular weight excluding hydrogens is 266 g/mol. The lowest BCUT2D eigenvalue weighted by Crippen LogP contribution is -2.02. The van der Waals surface area contributed by atoms with Crippen molar-refractivity contribution in [1.29, 1.82) is 0 Å². The second-order valence-corrected chi connectivity index (χ2v) is 4.45. The molecule has 1 aromatic carbocycles. The van der Waals surface area contributed by atoms with Crippen molar-refractivity contribution in [1.82, 2.24) is 9.78 Å². The highest BCUT2D eigenvalue weighted by Crippen LogP contribution is 2.28. The quantitative estimate of drug-likeness (QED) is 0.771. The summed E-state index contributed by atoms with van der Waals surface area (Å²) in [6, 6.07) is 7.44. The van der Waals surface area contributed by atoms with Gasteiger partial charge in [0, 0.05) is 17.6 Å². The lowest BCUT2D eigenvalue weighted by Gasteiger charge is -2.06. The van der Waals surface area contributed by atoms with Crippen LogP contribution in [-0.4, -0.2) is 15.7 Å². The first-order chi connectivity index (χ1) is 7.72. The summed E-state index contributed by atoms with van der Waals surface area (Å²) < 4.78 is 1.84. The molecule has 0 aliphatic rings. The zero-order valence-electron chi connectivity index (χ0n) is 8.33. The summed E-state index contributed by atoms with van der Waals surface area (Å²) in [5.41, 5.74) is 1.97. The predicted molar refractivity (Wildman–Crippen MR) is 68.4 cm³/mol. The number of alkyl halides is 1. The zero-order valence-corrected chi connectivity index (χ0v) is 10.6. The first-order valence-electron chi connectivity index (χ1n) is 4.75. The van der Waals surface area contributed by atoms with Gasteiger partial charge < -0.3 is 0 Å². The van der Waals surface area contributed by atoms with Crippen LogP contribution in [0.2, 0.25) is 10.0 Å². The molecule has 0 aliphatic carbocycles. The summed E-state index contributed by atoms with van der Waals surface area (Å²) in [6.07, 6.45) is 1.74. The maximum Gasteiger partial charge on any atom is 0.0683 e. The van der Waals surface area contributed by atoms with E-state index in [2.05, 4.69) is 5.10 Å². The first-order valence-corrected chi connectivity index (χ1v) is 6.04. The normalized spacial score (nSPS) is 10.7. The van der Waals surface area contributed by atoms with Gasteiger partial charge in [0.2, 0.25) is 0 Å². The minimum atomic E-state index is 0.524. The molecule has 0 unspecified atom stereocenters. The maximum absolute atomic E-state index is 5.97. The number of nitrogens with zero attached hydrogens (tertiary/aromatic N) is 2. The molecule has 5 heteroatoms. The molecule has 0 spiro atoms. The molecule has 0 N–H and O–H groups in total. The van der Waals surface area contributed by atoms with E-state index in [9.17, 15) is 0 Å². The molecule has 2 aromatic rings. The molecule has 0 saturated carbocycles. The summed E-state index contributed by atoms with van der Waals surface area (Å²) in [5, 5.41) is 5.28. The van der Waals surface area contributed by atoms with Crippen molar-refractivity contribution in [2.45, 2.75) is 6.54 Å². The lowest BCUT2D eigenvalue weighted by atomic mass is 10.1. The van der Waals surface area contributed by atoms with Gasteiger partial charge in [0.05, 0.1) is 22.3 Å². The van der Waals surface area contributed by atoms with Crippen molar-refractivity contribution < 1.29 is 0 Å². The Hall–Kier alpha value is -0.700. The zero-order chi connectivity index (χ0) is 11.5. The summed E-state index contributed by atoms with van der Waals surface area (Å²) in [7, 11) is 0. The van der Waals surface area contributed by atoms with E-state index >= 15 is 0 Å². The monoisotopic (exact) mass is 274 g/mol. The largest absolute Gasteiger partial charge is 0.264 e. The van der Waals surface area contributed by atoms with Crippen molar-refractivity contribution in [3.8, 4) is 11.3 Å². The van der Waals surface area contributed by atoms with Crippen LogP contribution in [0.1, 0.15) is 0 Å². The molecule has 1 aromatic heterocycles. The van der Waals surface area contributed by atoms with Gasteiger partial charge in [-0.05, 0) is 18.2 Å². The molecule has 0 radical (unpaired) electrons. The van der Waals surface area contributed by atoms with Crippen LogP contribution < -0.4 is 0 Å². The molecule has 0 amide bonds. The molecule has 0 saturated heterocycles. The average molecular weight is 276 g/mol. The van der Waals surface area contributed by atoms with E-state index in [-0.39, 0.29) is 0 Å². The van der Waals surface area contributed by atoms with Gasteiger partial charge in [0.25, 0.3) is 0 Å². The molecule has 0 bridgehead atoms. The molecule has 84 valence electrons. The molecule has 1 heterocycles. The van der Waals surface area contributed by atoms with E-state index in [1.807, 2.05) is 22.9 Å². The van der Waals surface area contributed by atoms with Gasteiger partial charge in [0.1, 0.15) is 0 Å². The van der Waals surface area contributed by atoms with Gasteiger partial charge in [-0.25, -0.2) is 0 Å². The number of aryl methyl sites for hydroxylation is 1. The highest BCUT2D eigenvalue weighted by molar-refractivity contribution is 6.42. The topological polar surface area (TPSA) is 17.8 Å². The fraction of sp³-hybridized carbons (Fsp3) is 0.182. The van der Waals surface area contributed by atoms with Crippen LogP contribution in [0.25, 0.3) is 11.3 Å². The first kappa shape index (κ1) is 11.8. The molecule has 0 fully saturated rings. The average Bonchev–Trinajstić information content (AvgIpc) is 2.71. The molecule has 2 rings (SSSR count). The number of rotatable bonds is 3. The summed E-state index contributed by atoms with van der Waals surface area (Å²) in [5.74, 6) is 0.524. The Morgan fingerprint density at radius 3 is 2.62 bits per heavy atom. The van der Waals surface area contributed by atoms with Crippen LogP contribution in [0.4, 0.5) is 0 Å².